The quantitative estimate of drug-likeness (QED) is 0.334. The molecule has 11 heteroatoms. The maximum absolute atomic E-state index is 12.4. The average molecular weight is 472 g/mol. The highest BCUT2D eigenvalue weighted by atomic mass is 32.2. The van der Waals surface area contributed by atoms with E-state index in [0.717, 1.165) is 6.42 Å². The second-order valence-corrected chi connectivity index (χ2v) is 8.59. The van der Waals surface area contributed by atoms with Gasteiger partial charge >= 0.3 is 5.97 Å². The molecule has 0 aliphatic carbocycles. The fraction of sp³-hybridized carbons (Fsp3) is 0.143. The zero-order valence-electron chi connectivity index (χ0n) is 17.1. The Morgan fingerprint density at radius 1 is 0.969 bits per heavy atom. The molecule has 0 aliphatic rings. The Bertz CT molecular complexity index is 1170. The lowest BCUT2D eigenvalue weighted by atomic mass is 10.2. The number of anilines is 3. The van der Waals surface area contributed by atoms with Crippen LogP contribution in [-0.4, -0.2) is 36.1 Å². The van der Waals surface area contributed by atoms with Crippen molar-refractivity contribution in [1.82, 2.24) is 9.97 Å². The van der Waals surface area contributed by atoms with Crippen LogP contribution in [0.3, 0.4) is 0 Å². The Hall–Kier alpha value is -3.57. The van der Waals surface area contributed by atoms with Crippen LogP contribution in [0.4, 0.5) is 17.3 Å². The van der Waals surface area contributed by atoms with E-state index in [9.17, 15) is 13.2 Å². The zero-order valence-corrected chi connectivity index (χ0v) is 18.7. The first-order valence-electron chi connectivity index (χ1n) is 9.62. The molecule has 2 aromatic carbocycles. The smallest absolute Gasteiger partial charge is 0.338 e. The van der Waals surface area contributed by atoms with Crippen LogP contribution in [0.1, 0.15) is 23.7 Å². The molecule has 9 nitrogen and oxygen atoms in total. The number of esters is 1. The van der Waals surface area contributed by atoms with Crippen LogP contribution in [0.2, 0.25) is 0 Å². The van der Waals surface area contributed by atoms with Crippen molar-refractivity contribution in [2.45, 2.75) is 18.2 Å². The number of sulfonamides is 1. The van der Waals surface area contributed by atoms with Crippen LogP contribution in [0.15, 0.2) is 71.9 Å². The summed E-state index contributed by atoms with van der Waals surface area (Å²) < 4.78 is 32.3. The fourth-order valence-corrected chi connectivity index (χ4v) is 3.70. The molecule has 0 amide bonds. The number of carbonyl (C=O) groups is 1. The lowest BCUT2D eigenvalue weighted by molar-refractivity contribution is 0.0505. The van der Waals surface area contributed by atoms with E-state index in [4.69, 9.17) is 17.0 Å². The molecule has 0 bridgehead atoms. The molecule has 0 radical (unpaired) electrons. The number of hydrogen-bond acceptors (Lipinski definition) is 7. The lowest BCUT2D eigenvalue weighted by Crippen LogP contribution is -2.19. The van der Waals surface area contributed by atoms with Gasteiger partial charge in [-0.3, -0.25) is 0 Å². The molecule has 3 N–H and O–H groups in total. The average Bonchev–Trinajstić information content (AvgIpc) is 2.78. The normalized spacial score (nSPS) is 10.8. The molecule has 3 aromatic rings. The maximum atomic E-state index is 12.4. The second-order valence-electron chi connectivity index (χ2n) is 6.49. The Kier molecular flexibility index (Phi) is 7.68. The molecule has 1 aromatic heterocycles. The van der Waals surface area contributed by atoms with Gasteiger partial charge in [0.2, 0.25) is 5.95 Å². The maximum Gasteiger partial charge on any atom is 0.338 e. The summed E-state index contributed by atoms with van der Waals surface area (Å²) in [5, 5.41) is 6.27. The Morgan fingerprint density at radius 2 is 1.53 bits per heavy atom. The first-order valence-corrected chi connectivity index (χ1v) is 11.5. The van der Waals surface area contributed by atoms with Crippen molar-refractivity contribution in [3.8, 4) is 0 Å². The number of thiocarbonyl (C=S) groups is 1. The van der Waals surface area contributed by atoms with Gasteiger partial charge in [0.05, 0.1) is 17.1 Å². The van der Waals surface area contributed by atoms with Crippen LogP contribution in [0, 0.1) is 0 Å². The number of hydrogen-bond donors (Lipinski definition) is 3. The van der Waals surface area contributed by atoms with E-state index in [1.165, 1.54) is 24.5 Å². The van der Waals surface area contributed by atoms with Gasteiger partial charge in [0, 0.05) is 23.8 Å². The largest absolute Gasteiger partial charge is 0.462 e. The third kappa shape index (κ3) is 6.46. The summed E-state index contributed by atoms with van der Waals surface area (Å²) in [6.45, 7) is 2.31. The van der Waals surface area contributed by atoms with Gasteiger partial charge in [0.25, 0.3) is 10.0 Å². The molecule has 3 rings (SSSR count). The van der Waals surface area contributed by atoms with E-state index >= 15 is 0 Å². The SMILES string of the molecule is CCCOC(=O)c1ccc(NC(=S)Nc2ccc(S(=O)(=O)Nc3ncccn3)cc2)cc1. The summed E-state index contributed by atoms with van der Waals surface area (Å²) in [6.07, 6.45) is 3.64. The van der Waals surface area contributed by atoms with E-state index in [2.05, 4.69) is 25.3 Å². The number of nitrogens with zero attached hydrogens (tertiary/aromatic N) is 2. The highest BCUT2D eigenvalue weighted by molar-refractivity contribution is 7.92. The van der Waals surface area contributed by atoms with Gasteiger partial charge in [-0.1, -0.05) is 6.92 Å². The third-order valence-corrected chi connectivity index (χ3v) is 5.58. The molecule has 0 fully saturated rings. The first kappa shape index (κ1) is 23.1. The number of nitrogens with one attached hydrogen (secondary N) is 3. The number of benzene rings is 2. The number of aromatic nitrogens is 2. The van der Waals surface area contributed by atoms with Crippen molar-refractivity contribution >= 4 is 50.6 Å². The molecule has 32 heavy (non-hydrogen) atoms. The van der Waals surface area contributed by atoms with E-state index in [0.29, 0.717) is 28.7 Å². The van der Waals surface area contributed by atoms with E-state index in [-0.39, 0.29) is 16.8 Å². The van der Waals surface area contributed by atoms with E-state index in [1.54, 1.807) is 42.5 Å². The summed E-state index contributed by atoms with van der Waals surface area (Å²) in [5.41, 5.74) is 1.73. The summed E-state index contributed by atoms with van der Waals surface area (Å²) in [4.78, 5) is 19.6. The molecule has 0 atom stereocenters. The van der Waals surface area contributed by atoms with Crippen LogP contribution in [0.5, 0.6) is 0 Å². The number of carbonyl (C=O) groups excluding carboxylic acids is 1. The fourth-order valence-electron chi connectivity index (χ4n) is 2.51. The standard InChI is InChI=1S/C21H21N5O4S2/c1-2-14-30-19(27)15-4-6-16(7-5-15)24-21(31)25-17-8-10-18(11-9-17)32(28,29)26-20-22-12-3-13-23-20/h3-13H,2,14H2,1H3,(H,22,23,26)(H2,24,25,31). The van der Waals surface area contributed by atoms with Gasteiger partial charge < -0.3 is 15.4 Å². The molecule has 1 heterocycles. The Morgan fingerprint density at radius 3 is 2.09 bits per heavy atom. The first-order chi connectivity index (χ1) is 15.4. The van der Waals surface area contributed by atoms with Gasteiger partial charge in [-0.05, 0) is 73.2 Å². The van der Waals surface area contributed by atoms with Gasteiger partial charge in [0.15, 0.2) is 5.11 Å². The van der Waals surface area contributed by atoms with Crippen LogP contribution in [0.25, 0.3) is 0 Å². The summed E-state index contributed by atoms with van der Waals surface area (Å²) in [7, 11) is -3.81. The topological polar surface area (TPSA) is 122 Å². The number of ether oxygens (including phenoxy) is 1. The van der Waals surface area contributed by atoms with Gasteiger partial charge in [-0.15, -0.1) is 0 Å². The predicted octanol–water partition coefficient (Wildman–Crippen LogP) is 3.65. The van der Waals surface area contributed by atoms with Crippen molar-refractivity contribution in [3.05, 3.63) is 72.6 Å². The van der Waals surface area contributed by atoms with Crippen molar-refractivity contribution in [2.24, 2.45) is 0 Å². The zero-order chi connectivity index (χ0) is 23.0. The highest BCUT2D eigenvalue weighted by Gasteiger charge is 2.15. The summed E-state index contributed by atoms with van der Waals surface area (Å²) in [5.74, 6) is -0.382. The molecule has 0 spiro atoms. The molecule has 0 saturated carbocycles. The van der Waals surface area contributed by atoms with Crippen LogP contribution < -0.4 is 15.4 Å². The molecule has 0 unspecified atom stereocenters. The highest BCUT2D eigenvalue weighted by Crippen LogP contribution is 2.17. The van der Waals surface area contributed by atoms with Crippen molar-refractivity contribution in [3.63, 3.8) is 0 Å². The van der Waals surface area contributed by atoms with Crippen molar-refractivity contribution < 1.29 is 17.9 Å². The third-order valence-electron chi connectivity index (χ3n) is 4.03. The minimum atomic E-state index is -3.81. The molecule has 0 aliphatic heterocycles. The second kappa shape index (κ2) is 10.6. The Labute approximate surface area is 191 Å². The van der Waals surface area contributed by atoms with Crippen molar-refractivity contribution in [1.29, 1.82) is 0 Å². The van der Waals surface area contributed by atoms with Gasteiger partial charge in [-0.25, -0.2) is 27.9 Å². The molecule has 0 saturated heterocycles. The summed E-state index contributed by atoms with van der Waals surface area (Å²) in [6, 6.07) is 14.3. The lowest BCUT2D eigenvalue weighted by Gasteiger charge is -2.12. The summed E-state index contributed by atoms with van der Waals surface area (Å²) >= 11 is 5.29. The predicted molar refractivity (Wildman–Crippen MR) is 126 cm³/mol. The minimum absolute atomic E-state index is 0.00951. The Balaban J connectivity index is 1.57. The van der Waals surface area contributed by atoms with Crippen molar-refractivity contribution in [2.75, 3.05) is 22.0 Å². The van der Waals surface area contributed by atoms with Gasteiger partial charge in [0.1, 0.15) is 0 Å². The van der Waals surface area contributed by atoms with Crippen LogP contribution in [-0.2, 0) is 14.8 Å². The van der Waals surface area contributed by atoms with E-state index < -0.39 is 10.0 Å². The number of rotatable bonds is 8. The monoisotopic (exact) mass is 471 g/mol. The molecular formula is C21H21N5O4S2. The van der Waals surface area contributed by atoms with E-state index in [1.807, 2.05) is 6.92 Å². The molecule has 166 valence electrons. The van der Waals surface area contributed by atoms with Crippen LogP contribution >= 0.6 is 12.2 Å². The van der Waals surface area contributed by atoms with Gasteiger partial charge in [-0.2, -0.15) is 0 Å². The molecular weight excluding hydrogens is 450 g/mol. The minimum Gasteiger partial charge on any atom is -0.462 e.